The molecule has 4 rings (SSSR count). The van der Waals surface area contributed by atoms with Gasteiger partial charge >= 0.3 is 0 Å². The number of rotatable bonds is 2. The smallest absolute Gasteiger partial charge is 0.199 e. The average Bonchev–Trinajstić information content (AvgIpc) is 3.35. The van der Waals surface area contributed by atoms with Crippen molar-refractivity contribution < 1.29 is 4.58 Å². The highest BCUT2D eigenvalue weighted by Gasteiger charge is 2.17. The molecule has 0 bridgehead atoms. The summed E-state index contributed by atoms with van der Waals surface area (Å²) in [7, 11) is 4.14. The highest BCUT2D eigenvalue weighted by Crippen LogP contribution is 2.46. The summed E-state index contributed by atoms with van der Waals surface area (Å²) in [6.45, 7) is 0. The van der Waals surface area contributed by atoms with Crippen LogP contribution in [-0.2, 0) is 0 Å². The fourth-order valence-corrected chi connectivity index (χ4v) is 5.46. The zero-order valence-corrected chi connectivity index (χ0v) is 16.5. The van der Waals surface area contributed by atoms with Gasteiger partial charge in [0.25, 0.3) is 0 Å². The number of thiophene rings is 2. The van der Waals surface area contributed by atoms with Crippen LogP contribution in [0.15, 0.2) is 82.6 Å². The highest BCUT2D eigenvalue weighted by atomic mass is 32.2. The molecule has 0 N–H and O–H groups in total. The van der Waals surface area contributed by atoms with Crippen molar-refractivity contribution in [1.82, 2.24) is 0 Å². The molecule has 0 saturated carbocycles. The first-order valence-electron chi connectivity index (χ1n) is 8.04. The van der Waals surface area contributed by atoms with Gasteiger partial charge in [-0.05, 0) is 58.3 Å². The molecule has 0 amide bonds. The van der Waals surface area contributed by atoms with Crippen LogP contribution in [0.5, 0.6) is 0 Å². The van der Waals surface area contributed by atoms with Gasteiger partial charge in [0.2, 0.25) is 0 Å². The maximum atomic E-state index is 2.32. The van der Waals surface area contributed by atoms with Crippen molar-refractivity contribution in [3.05, 3.63) is 92.4 Å². The van der Waals surface area contributed by atoms with Gasteiger partial charge in [0.15, 0.2) is 5.71 Å². The predicted octanol–water partition coefficient (Wildman–Crippen LogP) is 6.07. The second-order valence-corrected chi connectivity index (χ2v) is 8.95. The normalized spacial score (nSPS) is 17.0. The number of hydrogen-bond acceptors (Lipinski definition) is 3. The van der Waals surface area contributed by atoms with Gasteiger partial charge in [-0.25, -0.2) is 4.58 Å². The minimum absolute atomic E-state index is 1.22. The van der Waals surface area contributed by atoms with Gasteiger partial charge in [-0.1, -0.05) is 23.9 Å². The van der Waals surface area contributed by atoms with E-state index in [-0.39, 0.29) is 0 Å². The Hall–Kier alpha value is -1.88. The Bertz CT molecular complexity index is 888. The predicted molar refractivity (Wildman–Crippen MR) is 115 cm³/mol. The minimum Gasteiger partial charge on any atom is -0.235 e. The van der Waals surface area contributed by atoms with Gasteiger partial charge in [0, 0.05) is 31.7 Å². The fraction of sp³-hybridized carbons (Fsp3) is 0.0952. The SMILES string of the molecule is C[N+](C)=C1C=CC(=C2C=C(c3cccs3)SC(c3cccs3)=C2)C=C1. The molecule has 3 heterocycles. The van der Waals surface area contributed by atoms with Gasteiger partial charge in [0.05, 0.1) is 0 Å². The van der Waals surface area contributed by atoms with Crippen LogP contribution in [0.4, 0.5) is 0 Å². The summed E-state index contributed by atoms with van der Waals surface area (Å²) in [6, 6.07) is 8.65. The zero-order valence-electron chi connectivity index (χ0n) is 14.1. The van der Waals surface area contributed by atoms with Crippen molar-refractivity contribution in [2.45, 2.75) is 0 Å². The summed E-state index contributed by atoms with van der Waals surface area (Å²) in [4.78, 5) is 5.31. The molecule has 1 aliphatic heterocycles. The molecule has 0 aromatic carbocycles. The summed E-state index contributed by atoms with van der Waals surface area (Å²) in [6.07, 6.45) is 13.4. The van der Waals surface area contributed by atoms with Gasteiger partial charge in [0.1, 0.15) is 14.1 Å². The number of allylic oxidation sites excluding steroid dienone is 8. The standard InChI is InChI=1S/C21H18NS3/c1-22(2)17-9-7-15(8-10-17)16-13-20(18-5-3-11-23-18)25-21(14-16)19-6-4-12-24-19/h3-14H,1-2H3/q+1. The molecule has 0 spiro atoms. The van der Waals surface area contributed by atoms with E-state index >= 15 is 0 Å². The van der Waals surface area contributed by atoms with E-state index in [0.29, 0.717) is 0 Å². The van der Waals surface area contributed by atoms with E-state index in [1.807, 2.05) is 11.8 Å². The van der Waals surface area contributed by atoms with Crippen LogP contribution in [0, 0.1) is 0 Å². The van der Waals surface area contributed by atoms with Crippen molar-refractivity contribution in [1.29, 1.82) is 0 Å². The van der Waals surface area contributed by atoms with Crippen LogP contribution in [0.2, 0.25) is 0 Å². The molecule has 0 saturated heterocycles. The van der Waals surface area contributed by atoms with Crippen molar-refractivity contribution in [3.8, 4) is 0 Å². The van der Waals surface area contributed by atoms with E-state index in [1.54, 1.807) is 22.7 Å². The first-order chi connectivity index (χ1) is 12.2. The molecule has 2 aromatic heterocycles. The molecule has 0 unspecified atom stereocenters. The first kappa shape index (κ1) is 16.6. The monoisotopic (exact) mass is 380 g/mol. The lowest BCUT2D eigenvalue weighted by molar-refractivity contribution is -0.462. The van der Waals surface area contributed by atoms with E-state index < -0.39 is 0 Å². The molecule has 4 heteroatoms. The molecule has 124 valence electrons. The van der Waals surface area contributed by atoms with E-state index in [4.69, 9.17) is 0 Å². The topological polar surface area (TPSA) is 3.01 Å². The van der Waals surface area contributed by atoms with Crippen molar-refractivity contribution >= 4 is 50.0 Å². The van der Waals surface area contributed by atoms with E-state index in [0.717, 1.165) is 0 Å². The second kappa shape index (κ2) is 7.16. The molecule has 2 aromatic rings. The third-order valence-electron chi connectivity index (χ3n) is 4.04. The van der Waals surface area contributed by atoms with Crippen LogP contribution in [0.3, 0.4) is 0 Å². The zero-order chi connectivity index (χ0) is 17.2. The summed E-state index contributed by atoms with van der Waals surface area (Å²) in [5.74, 6) is 0. The quantitative estimate of drug-likeness (QED) is 0.571. The molecule has 0 fully saturated rings. The van der Waals surface area contributed by atoms with Gasteiger partial charge in [-0.15, -0.1) is 22.7 Å². The molecule has 1 nitrogen and oxygen atoms in total. The third-order valence-corrected chi connectivity index (χ3v) is 7.22. The molecule has 1 aliphatic carbocycles. The second-order valence-electron chi connectivity index (χ2n) is 5.97. The summed E-state index contributed by atoms with van der Waals surface area (Å²) in [5.41, 5.74) is 3.75. The third kappa shape index (κ3) is 3.56. The Balaban J connectivity index is 1.80. The van der Waals surface area contributed by atoms with Gasteiger partial charge < -0.3 is 0 Å². The van der Waals surface area contributed by atoms with Crippen LogP contribution in [-0.4, -0.2) is 24.4 Å². The minimum atomic E-state index is 1.22. The Morgan fingerprint density at radius 2 is 1.28 bits per heavy atom. The van der Waals surface area contributed by atoms with Gasteiger partial charge in [-0.3, -0.25) is 0 Å². The van der Waals surface area contributed by atoms with Gasteiger partial charge in [-0.2, -0.15) is 0 Å². The summed E-state index contributed by atoms with van der Waals surface area (Å²) < 4.78 is 2.13. The van der Waals surface area contributed by atoms with Crippen molar-refractivity contribution in [3.63, 3.8) is 0 Å². The summed E-state index contributed by atoms with van der Waals surface area (Å²) >= 11 is 5.47. The molecule has 0 radical (unpaired) electrons. The number of thioether (sulfide) groups is 1. The van der Waals surface area contributed by atoms with E-state index in [9.17, 15) is 0 Å². The molecule has 0 atom stereocenters. The highest BCUT2D eigenvalue weighted by molar-refractivity contribution is 8.17. The average molecular weight is 381 g/mol. The van der Waals surface area contributed by atoms with E-state index in [2.05, 4.69) is 90.2 Å². The largest absolute Gasteiger partial charge is 0.235 e. The van der Waals surface area contributed by atoms with Crippen molar-refractivity contribution in [2.75, 3.05) is 14.1 Å². The Labute approximate surface area is 160 Å². The Kier molecular flexibility index (Phi) is 4.75. The summed E-state index contributed by atoms with van der Waals surface area (Å²) in [5, 5.41) is 4.29. The Morgan fingerprint density at radius 3 is 1.72 bits per heavy atom. The Morgan fingerprint density at radius 1 is 0.720 bits per heavy atom. The lowest BCUT2D eigenvalue weighted by Crippen LogP contribution is -2.09. The molecular weight excluding hydrogens is 362 g/mol. The maximum absolute atomic E-state index is 2.32. The van der Waals surface area contributed by atoms with Crippen LogP contribution in [0.1, 0.15) is 9.75 Å². The van der Waals surface area contributed by atoms with Crippen LogP contribution < -0.4 is 0 Å². The molecule has 2 aliphatic rings. The van der Waals surface area contributed by atoms with Crippen LogP contribution in [0.25, 0.3) is 9.81 Å². The maximum Gasteiger partial charge on any atom is 0.199 e. The number of hydrogen-bond donors (Lipinski definition) is 0. The number of nitrogens with zero attached hydrogens (tertiary/aromatic N) is 1. The lowest BCUT2D eigenvalue weighted by atomic mass is 10.0. The van der Waals surface area contributed by atoms with Crippen LogP contribution >= 0.6 is 34.4 Å². The van der Waals surface area contributed by atoms with Crippen molar-refractivity contribution in [2.24, 2.45) is 0 Å². The fourth-order valence-electron chi connectivity index (χ4n) is 2.70. The lowest BCUT2D eigenvalue weighted by Gasteiger charge is -2.16. The van der Waals surface area contributed by atoms with E-state index in [1.165, 1.54) is 36.4 Å². The molecular formula is C21H18NS3+. The first-order valence-corrected chi connectivity index (χ1v) is 10.6. The molecule has 25 heavy (non-hydrogen) atoms.